The van der Waals surface area contributed by atoms with Gasteiger partial charge < -0.3 is 15.6 Å². The first-order valence-electron chi connectivity index (χ1n) is 5.17. The number of hydrogen-bond donors (Lipinski definition) is 3. The largest absolute Gasteiger partial charge is 0.490 e. The highest BCUT2D eigenvalue weighted by atomic mass is 16.5. The number of rotatable bonds is 4. The van der Waals surface area contributed by atoms with Gasteiger partial charge in [-0.25, -0.2) is 0 Å². The Labute approximate surface area is 93.2 Å². The van der Waals surface area contributed by atoms with Crippen LogP contribution in [0.3, 0.4) is 0 Å². The second kappa shape index (κ2) is 4.51. The van der Waals surface area contributed by atoms with Crippen molar-refractivity contribution in [3.8, 4) is 5.75 Å². The van der Waals surface area contributed by atoms with Crippen molar-refractivity contribution in [2.45, 2.75) is 13.0 Å². The van der Waals surface area contributed by atoms with E-state index in [1.807, 2.05) is 25.1 Å². The van der Waals surface area contributed by atoms with Gasteiger partial charge >= 0.3 is 0 Å². The van der Waals surface area contributed by atoms with Crippen LogP contribution >= 0.6 is 0 Å². The molecule has 0 fully saturated rings. The quantitative estimate of drug-likeness (QED) is 0.704. The molecule has 2 aromatic rings. The van der Waals surface area contributed by atoms with Crippen molar-refractivity contribution in [1.82, 2.24) is 10.2 Å². The van der Waals surface area contributed by atoms with Crippen molar-refractivity contribution in [2.75, 3.05) is 13.2 Å². The first-order valence-corrected chi connectivity index (χ1v) is 5.17. The molecular weight excluding hydrogens is 206 g/mol. The van der Waals surface area contributed by atoms with Crippen molar-refractivity contribution >= 4 is 10.9 Å². The van der Waals surface area contributed by atoms with Crippen LogP contribution in [0.2, 0.25) is 0 Å². The second-order valence-corrected chi connectivity index (χ2v) is 3.69. The molecule has 1 heterocycles. The van der Waals surface area contributed by atoms with Crippen LogP contribution in [0.4, 0.5) is 0 Å². The standard InChI is InChI=1S/C11H15N3O2/c1-7-11-9(14-13-7)3-2-4-10(11)16-6-8(15)5-12/h2-4,8,15H,5-6,12H2,1H3,(H,13,14)/t8-/m0/s1. The normalized spacial score (nSPS) is 12.9. The van der Waals surface area contributed by atoms with E-state index in [1.54, 1.807) is 0 Å². The minimum atomic E-state index is -0.637. The summed E-state index contributed by atoms with van der Waals surface area (Å²) in [6.07, 6.45) is -0.637. The number of hydrogen-bond acceptors (Lipinski definition) is 4. The molecule has 0 spiro atoms. The zero-order valence-corrected chi connectivity index (χ0v) is 9.10. The molecular formula is C11H15N3O2. The van der Waals surface area contributed by atoms with Gasteiger partial charge in [0.25, 0.3) is 0 Å². The van der Waals surface area contributed by atoms with Gasteiger partial charge in [-0.05, 0) is 19.1 Å². The monoisotopic (exact) mass is 221 g/mol. The average molecular weight is 221 g/mol. The number of aliphatic hydroxyl groups is 1. The number of benzene rings is 1. The fraction of sp³-hybridized carbons (Fsp3) is 0.364. The maximum Gasteiger partial charge on any atom is 0.130 e. The van der Waals surface area contributed by atoms with Crippen LogP contribution in [0, 0.1) is 6.92 Å². The van der Waals surface area contributed by atoms with Gasteiger partial charge in [0.2, 0.25) is 0 Å². The molecule has 1 aromatic carbocycles. The van der Waals surface area contributed by atoms with Crippen LogP contribution in [0.5, 0.6) is 5.75 Å². The fourth-order valence-electron chi connectivity index (χ4n) is 1.57. The molecule has 0 saturated carbocycles. The molecule has 5 nitrogen and oxygen atoms in total. The molecule has 0 bridgehead atoms. The highest BCUT2D eigenvalue weighted by Gasteiger charge is 2.09. The number of aromatic nitrogens is 2. The SMILES string of the molecule is Cc1n[nH]c2cccc(OC[C@@H](O)CN)c12. The second-order valence-electron chi connectivity index (χ2n) is 3.69. The number of nitrogens with two attached hydrogens (primary N) is 1. The lowest BCUT2D eigenvalue weighted by Crippen LogP contribution is -2.26. The van der Waals surface area contributed by atoms with Gasteiger partial charge in [-0.1, -0.05) is 6.07 Å². The lowest BCUT2D eigenvalue weighted by molar-refractivity contribution is 0.115. The van der Waals surface area contributed by atoms with Gasteiger partial charge in [0.15, 0.2) is 0 Å². The molecule has 0 aliphatic carbocycles. The molecule has 2 rings (SSSR count). The van der Waals surface area contributed by atoms with Crippen molar-refractivity contribution in [3.63, 3.8) is 0 Å². The third kappa shape index (κ3) is 2.00. The third-order valence-corrected chi connectivity index (χ3v) is 2.44. The first-order chi connectivity index (χ1) is 7.72. The summed E-state index contributed by atoms with van der Waals surface area (Å²) >= 11 is 0. The minimum Gasteiger partial charge on any atom is -0.490 e. The Hall–Kier alpha value is -1.59. The number of fused-ring (bicyclic) bond motifs is 1. The van der Waals surface area contributed by atoms with Crippen LogP contribution in [-0.2, 0) is 0 Å². The smallest absolute Gasteiger partial charge is 0.130 e. The Morgan fingerprint density at radius 1 is 1.56 bits per heavy atom. The number of aryl methyl sites for hydroxylation is 1. The number of nitrogens with one attached hydrogen (secondary N) is 1. The van der Waals surface area contributed by atoms with Gasteiger partial charge in [-0.15, -0.1) is 0 Å². The summed E-state index contributed by atoms with van der Waals surface area (Å²) in [7, 11) is 0. The molecule has 0 unspecified atom stereocenters. The van der Waals surface area contributed by atoms with Crippen LogP contribution in [0.15, 0.2) is 18.2 Å². The van der Waals surface area contributed by atoms with Gasteiger partial charge in [0.05, 0.1) is 16.6 Å². The van der Waals surface area contributed by atoms with Crippen molar-refractivity contribution in [2.24, 2.45) is 5.73 Å². The summed E-state index contributed by atoms with van der Waals surface area (Å²) in [5, 5.41) is 17.3. The van der Waals surface area contributed by atoms with Gasteiger partial charge in [-0.2, -0.15) is 5.10 Å². The predicted molar refractivity (Wildman–Crippen MR) is 61.4 cm³/mol. The molecule has 0 saturated heterocycles. The van der Waals surface area contributed by atoms with Crippen LogP contribution < -0.4 is 10.5 Å². The molecule has 1 aromatic heterocycles. The van der Waals surface area contributed by atoms with E-state index in [1.165, 1.54) is 0 Å². The van der Waals surface area contributed by atoms with Gasteiger partial charge in [0.1, 0.15) is 18.5 Å². The van der Waals surface area contributed by atoms with E-state index in [-0.39, 0.29) is 13.2 Å². The number of aromatic amines is 1. The fourth-order valence-corrected chi connectivity index (χ4v) is 1.57. The molecule has 86 valence electrons. The Balaban J connectivity index is 2.26. The first kappa shape index (κ1) is 10.9. The van der Waals surface area contributed by atoms with E-state index >= 15 is 0 Å². The number of aliphatic hydroxyl groups excluding tert-OH is 1. The van der Waals surface area contributed by atoms with Crippen molar-refractivity contribution in [1.29, 1.82) is 0 Å². The summed E-state index contributed by atoms with van der Waals surface area (Å²) in [4.78, 5) is 0. The highest BCUT2D eigenvalue weighted by molar-refractivity contribution is 5.87. The van der Waals surface area contributed by atoms with E-state index in [9.17, 15) is 5.11 Å². The van der Waals surface area contributed by atoms with E-state index in [0.29, 0.717) is 0 Å². The predicted octanol–water partition coefficient (Wildman–Crippen LogP) is 0.570. The van der Waals surface area contributed by atoms with Crippen LogP contribution in [-0.4, -0.2) is 34.6 Å². The van der Waals surface area contributed by atoms with Crippen molar-refractivity contribution in [3.05, 3.63) is 23.9 Å². The molecule has 0 aliphatic rings. The minimum absolute atomic E-state index is 0.195. The van der Waals surface area contributed by atoms with Gasteiger partial charge in [-0.3, -0.25) is 5.10 Å². The van der Waals surface area contributed by atoms with Gasteiger partial charge in [0, 0.05) is 6.54 Å². The van der Waals surface area contributed by atoms with E-state index in [4.69, 9.17) is 10.5 Å². The molecule has 0 aliphatic heterocycles. The number of ether oxygens (including phenoxy) is 1. The molecule has 0 amide bonds. The van der Waals surface area contributed by atoms with E-state index in [0.717, 1.165) is 22.3 Å². The Morgan fingerprint density at radius 2 is 2.38 bits per heavy atom. The molecule has 0 radical (unpaired) electrons. The van der Waals surface area contributed by atoms with E-state index in [2.05, 4.69) is 10.2 Å². The zero-order chi connectivity index (χ0) is 11.5. The average Bonchev–Trinajstić information content (AvgIpc) is 2.69. The summed E-state index contributed by atoms with van der Waals surface area (Å²) < 4.78 is 5.52. The lowest BCUT2D eigenvalue weighted by atomic mass is 10.2. The summed E-state index contributed by atoms with van der Waals surface area (Å²) in [6.45, 7) is 2.30. The molecule has 1 atom stereocenters. The topological polar surface area (TPSA) is 84.2 Å². The summed E-state index contributed by atoms with van der Waals surface area (Å²) in [5.74, 6) is 0.719. The van der Waals surface area contributed by atoms with Crippen molar-refractivity contribution < 1.29 is 9.84 Å². The number of nitrogens with zero attached hydrogens (tertiary/aromatic N) is 1. The molecule has 16 heavy (non-hydrogen) atoms. The maximum absolute atomic E-state index is 9.34. The van der Waals surface area contributed by atoms with E-state index < -0.39 is 6.10 Å². The van der Waals surface area contributed by atoms with Crippen LogP contribution in [0.25, 0.3) is 10.9 Å². The Kier molecular flexibility index (Phi) is 3.07. The number of H-pyrrole nitrogens is 1. The zero-order valence-electron chi connectivity index (χ0n) is 9.10. The summed E-state index contributed by atoms with van der Waals surface area (Å²) in [6, 6.07) is 5.67. The highest BCUT2D eigenvalue weighted by Crippen LogP contribution is 2.26. The molecule has 5 heteroatoms. The molecule has 4 N–H and O–H groups in total. The van der Waals surface area contributed by atoms with Crippen LogP contribution in [0.1, 0.15) is 5.69 Å². The third-order valence-electron chi connectivity index (χ3n) is 2.44. The maximum atomic E-state index is 9.34. The summed E-state index contributed by atoms with van der Waals surface area (Å²) in [5.41, 5.74) is 7.12. The Morgan fingerprint density at radius 3 is 3.12 bits per heavy atom. The lowest BCUT2D eigenvalue weighted by Gasteiger charge is -2.11. The Bertz CT molecular complexity index is 481.